The number of fused-ring (bicyclic) bond motifs is 3. The van der Waals surface area contributed by atoms with E-state index in [9.17, 15) is 9.59 Å². The molecule has 2 aromatic carbocycles. The Morgan fingerprint density at radius 1 is 1.05 bits per heavy atom. The second-order valence-electron chi connectivity index (χ2n) is 4.85. The van der Waals surface area contributed by atoms with Crippen molar-refractivity contribution >= 4 is 33.7 Å². The van der Waals surface area contributed by atoms with Crippen LogP contribution in [0.5, 0.6) is 0 Å². The van der Waals surface area contributed by atoms with Crippen molar-refractivity contribution in [1.82, 2.24) is 9.55 Å². The molecule has 6 heteroatoms. The number of H-pyrrole nitrogens is 1. The van der Waals surface area contributed by atoms with Gasteiger partial charge in [0.15, 0.2) is 0 Å². The van der Waals surface area contributed by atoms with E-state index in [0.29, 0.717) is 27.2 Å². The zero-order chi connectivity index (χ0) is 15.3. The number of hydrogen-bond donors (Lipinski definition) is 1. The van der Waals surface area contributed by atoms with Gasteiger partial charge in [-0.2, -0.15) is 0 Å². The average Bonchev–Trinajstić information content (AvgIpc) is 2.87. The summed E-state index contributed by atoms with van der Waals surface area (Å²) in [6.45, 7) is 0. The van der Waals surface area contributed by atoms with E-state index in [2.05, 4.69) is 4.98 Å². The van der Waals surface area contributed by atoms with Crippen LogP contribution in [0.4, 0.5) is 0 Å². The fourth-order valence-electron chi connectivity index (χ4n) is 2.53. The Morgan fingerprint density at radius 2 is 1.86 bits per heavy atom. The Morgan fingerprint density at radius 3 is 2.68 bits per heavy atom. The summed E-state index contributed by atoms with van der Waals surface area (Å²) in [4.78, 5) is 27.7. The number of halogens is 1. The van der Waals surface area contributed by atoms with Crippen molar-refractivity contribution in [1.29, 1.82) is 0 Å². The molecule has 0 aliphatic carbocycles. The third kappa shape index (κ3) is 1.79. The summed E-state index contributed by atoms with van der Waals surface area (Å²) in [5.74, 6) is 0. The quantitative estimate of drug-likeness (QED) is 0.587. The van der Waals surface area contributed by atoms with E-state index in [-0.39, 0.29) is 5.58 Å². The number of furan rings is 1. The van der Waals surface area contributed by atoms with E-state index in [1.165, 1.54) is 0 Å². The van der Waals surface area contributed by atoms with Gasteiger partial charge < -0.3 is 9.40 Å². The van der Waals surface area contributed by atoms with E-state index in [1.54, 1.807) is 42.5 Å². The van der Waals surface area contributed by atoms with Crippen LogP contribution in [0.3, 0.4) is 0 Å². The van der Waals surface area contributed by atoms with Gasteiger partial charge in [-0.1, -0.05) is 29.8 Å². The molecule has 0 atom stereocenters. The number of aromatic nitrogens is 2. The first kappa shape index (κ1) is 12.9. The van der Waals surface area contributed by atoms with Crippen LogP contribution >= 0.6 is 11.6 Å². The molecule has 0 aliphatic rings. The minimum atomic E-state index is -0.536. The molecule has 4 rings (SSSR count). The van der Waals surface area contributed by atoms with Gasteiger partial charge in [-0.05, 0) is 30.3 Å². The van der Waals surface area contributed by atoms with Gasteiger partial charge in [-0.25, -0.2) is 9.36 Å². The van der Waals surface area contributed by atoms with Crippen molar-refractivity contribution in [3.63, 3.8) is 0 Å². The molecule has 1 N–H and O–H groups in total. The molecule has 0 fully saturated rings. The minimum Gasteiger partial charge on any atom is -0.449 e. The number of nitrogens with one attached hydrogen (secondary N) is 1. The Bertz CT molecular complexity index is 1140. The number of aromatic amines is 1. The van der Waals surface area contributed by atoms with Gasteiger partial charge in [-0.3, -0.25) is 4.79 Å². The molecular formula is C16H9ClN2O3. The van der Waals surface area contributed by atoms with Crippen LogP contribution in [0, 0.1) is 0 Å². The van der Waals surface area contributed by atoms with Gasteiger partial charge in [0.2, 0.25) is 5.58 Å². The van der Waals surface area contributed by atoms with Crippen LogP contribution in [-0.2, 0) is 0 Å². The highest BCUT2D eigenvalue weighted by Crippen LogP contribution is 2.24. The number of benzene rings is 2. The van der Waals surface area contributed by atoms with E-state index in [1.807, 2.05) is 6.07 Å². The van der Waals surface area contributed by atoms with Crippen LogP contribution < -0.4 is 11.2 Å². The SMILES string of the molecule is O=c1[nH]c2c(oc3ccccc32)c(=O)n1-c1cccc(Cl)c1. The van der Waals surface area contributed by atoms with Gasteiger partial charge in [0.1, 0.15) is 11.1 Å². The smallest absolute Gasteiger partial charge is 0.333 e. The van der Waals surface area contributed by atoms with Gasteiger partial charge in [-0.15, -0.1) is 0 Å². The summed E-state index contributed by atoms with van der Waals surface area (Å²) >= 11 is 5.93. The zero-order valence-electron chi connectivity index (χ0n) is 11.2. The second kappa shape index (κ2) is 4.61. The molecule has 0 amide bonds. The Kier molecular flexibility index (Phi) is 2.71. The van der Waals surface area contributed by atoms with Crippen molar-refractivity contribution in [3.8, 4) is 5.69 Å². The molecule has 0 saturated carbocycles. The first-order valence-electron chi connectivity index (χ1n) is 6.58. The van der Waals surface area contributed by atoms with Crippen molar-refractivity contribution in [2.75, 3.05) is 0 Å². The van der Waals surface area contributed by atoms with E-state index in [4.69, 9.17) is 16.0 Å². The van der Waals surface area contributed by atoms with Crippen LogP contribution in [-0.4, -0.2) is 9.55 Å². The highest BCUT2D eigenvalue weighted by molar-refractivity contribution is 6.30. The van der Waals surface area contributed by atoms with Crippen molar-refractivity contribution < 1.29 is 4.42 Å². The topological polar surface area (TPSA) is 68.0 Å². The van der Waals surface area contributed by atoms with Gasteiger partial charge in [0.25, 0.3) is 0 Å². The molecule has 4 aromatic rings. The second-order valence-corrected chi connectivity index (χ2v) is 5.29. The lowest BCUT2D eigenvalue weighted by Crippen LogP contribution is -2.33. The summed E-state index contributed by atoms with van der Waals surface area (Å²) in [5.41, 5.74) is 0.406. The minimum absolute atomic E-state index is 0.112. The molecule has 0 unspecified atom stereocenters. The van der Waals surface area contributed by atoms with Crippen LogP contribution in [0.2, 0.25) is 5.02 Å². The fraction of sp³-hybridized carbons (Fsp3) is 0. The number of rotatable bonds is 1. The van der Waals surface area contributed by atoms with E-state index < -0.39 is 11.2 Å². The first-order valence-corrected chi connectivity index (χ1v) is 6.95. The summed E-state index contributed by atoms with van der Waals surface area (Å²) in [6, 6.07) is 13.7. The largest absolute Gasteiger partial charge is 0.449 e. The maximum Gasteiger partial charge on any atom is 0.333 e. The summed E-state index contributed by atoms with van der Waals surface area (Å²) in [5, 5.41) is 1.14. The number of para-hydroxylation sites is 1. The first-order chi connectivity index (χ1) is 10.6. The van der Waals surface area contributed by atoms with E-state index in [0.717, 1.165) is 4.57 Å². The third-order valence-electron chi connectivity index (χ3n) is 3.49. The molecule has 0 saturated heterocycles. The zero-order valence-corrected chi connectivity index (χ0v) is 11.9. The molecular weight excluding hydrogens is 304 g/mol. The molecule has 0 radical (unpaired) electrons. The van der Waals surface area contributed by atoms with Crippen molar-refractivity contribution in [2.45, 2.75) is 0 Å². The van der Waals surface area contributed by atoms with Crippen LogP contribution in [0.15, 0.2) is 62.5 Å². The molecule has 5 nitrogen and oxygen atoms in total. The monoisotopic (exact) mass is 312 g/mol. The molecule has 2 aromatic heterocycles. The molecule has 108 valence electrons. The average molecular weight is 313 g/mol. The standard InChI is InChI=1S/C16H9ClN2O3/c17-9-4-3-5-10(8-9)19-15(20)14-13(18-16(19)21)11-6-1-2-7-12(11)22-14/h1-8H,(H,18,21). The maximum absolute atomic E-state index is 12.6. The highest BCUT2D eigenvalue weighted by Gasteiger charge is 2.15. The van der Waals surface area contributed by atoms with Crippen molar-refractivity contribution in [3.05, 3.63) is 74.4 Å². The van der Waals surface area contributed by atoms with Crippen LogP contribution in [0.1, 0.15) is 0 Å². The van der Waals surface area contributed by atoms with Gasteiger partial charge >= 0.3 is 11.2 Å². The summed E-state index contributed by atoms with van der Waals surface area (Å²) < 4.78 is 6.60. The molecule has 0 bridgehead atoms. The fourth-order valence-corrected chi connectivity index (χ4v) is 2.71. The third-order valence-corrected chi connectivity index (χ3v) is 3.73. The molecule has 2 heterocycles. The Hall–Kier alpha value is -2.79. The molecule has 0 aliphatic heterocycles. The normalized spacial score (nSPS) is 11.3. The molecule has 22 heavy (non-hydrogen) atoms. The van der Waals surface area contributed by atoms with Crippen LogP contribution in [0.25, 0.3) is 27.8 Å². The van der Waals surface area contributed by atoms with Crippen molar-refractivity contribution in [2.24, 2.45) is 0 Å². The van der Waals surface area contributed by atoms with Gasteiger partial charge in [0, 0.05) is 10.4 Å². The molecule has 0 spiro atoms. The lowest BCUT2D eigenvalue weighted by molar-refractivity contribution is 0.654. The Labute approximate surface area is 128 Å². The number of nitrogens with zero attached hydrogens (tertiary/aromatic N) is 1. The van der Waals surface area contributed by atoms with E-state index >= 15 is 0 Å². The lowest BCUT2D eigenvalue weighted by Gasteiger charge is -2.04. The maximum atomic E-state index is 12.6. The summed E-state index contributed by atoms with van der Waals surface area (Å²) in [6.07, 6.45) is 0. The highest BCUT2D eigenvalue weighted by atomic mass is 35.5. The van der Waals surface area contributed by atoms with Gasteiger partial charge in [0.05, 0.1) is 5.69 Å². The Balaban J connectivity index is 2.16. The summed E-state index contributed by atoms with van der Waals surface area (Å²) in [7, 11) is 0. The predicted molar refractivity (Wildman–Crippen MR) is 84.9 cm³/mol. The lowest BCUT2D eigenvalue weighted by atomic mass is 10.2. The number of hydrogen-bond acceptors (Lipinski definition) is 3. The predicted octanol–water partition coefficient (Wildman–Crippen LogP) is 3.08.